The van der Waals surface area contributed by atoms with Gasteiger partial charge in [-0.25, -0.2) is 0 Å². The van der Waals surface area contributed by atoms with E-state index in [0.717, 1.165) is 64.2 Å². The van der Waals surface area contributed by atoms with Gasteiger partial charge in [0.25, 0.3) is 0 Å². The average molecular weight is 904 g/mol. The second-order valence-corrected chi connectivity index (χ2v) is 19.6. The van der Waals surface area contributed by atoms with Gasteiger partial charge < -0.3 is 14.2 Å². The maximum absolute atomic E-state index is 12.8. The Kier molecular flexibility index (Phi) is 52.2. The number of carbonyl (C=O) groups is 3. The van der Waals surface area contributed by atoms with Gasteiger partial charge in [0.05, 0.1) is 0 Å². The Morgan fingerprint density at radius 3 is 0.781 bits per heavy atom. The van der Waals surface area contributed by atoms with Crippen LogP contribution in [0.5, 0.6) is 0 Å². The van der Waals surface area contributed by atoms with Crippen LogP contribution in [0.15, 0.2) is 12.2 Å². The van der Waals surface area contributed by atoms with Gasteiger partial charge in [-0.2, -0.15) is 0 Å². The molecule has 0 aliphatic carbocycles. The number of ether oxygens (including phenoxy) is 3. The van der Waals surface area contributed by atoms with Crippen molar-refractivity contribution in [3.05, 3.63) is 12.2 Å². The smallest absolute Gasteiger partial charge is 0.306 e. The van der Waals surface area contributed by atoms with Crippen LogP contribution in [0.25, 0.3) is 0 Å². The van der Waals surface area contributed by atoms with E-state index >= 15 is 0 Å². The molecule has 0 N–H and O–H groups in total. The third kappa shape index (κ3) is 51.1. The molecule has 1 unspecified atom stereocenters. The first-order valence-electron chi connectivity index (χ1n) is 28.7. The van der Waals surface area contributed by atoms with Crippen molar-refractivity contribution in [3.63, 3.8) is 0 Å². The van der Waals surface area contributed by atoms with Gasteiger partial charge in [0, 0.05) is 19.3 Å². The molecule has 0 saturated carbocycles. The fraction of sp³-hybridized carbons (Fsp3) is 0.914. The van der Waals surface area contributed by atoms with Crippen molar-refractivity contribution in [1.82, 2.24) is 0 Å². The van der Waals surface area contributed by atoms with Crippen LogP contribution in [0.2, 0.25) is 0 Å². The third-order valence-corrected chi connectivity index (χ3v) is 13.0. The largest absolute Gasteiger partial charge is 0.462 e. The molecular formula is C58H110O6. The molecule has 0 aromatic carbocycles. The molecule has 0 rings (SSSR count). The van der Waals surface area contributed by atoms with Crippen LogP contribution in [-0.2, 0) is 28.6 Å². The Labute approximate surface area is 399 Å². The van der Waals surface area contributed by atoms with E-state index in [1.807, 2.05) is 0 Å². The van der Waals surface area contributed by atoms with Crippen LogP contribution >= 0.6 is 0 Å². The van der Waals surface area contributed by atoms with Crippen LogP contribution in [0.3, 0.4) is 0 Å². The van der Waals surface area contributed by atoms with E-state index in [2.05, 4.69) is 32.9 Å². The average Bonchev–Trinajstić information content (AvgIpc) is 3.29. The van der Waals surface area contributed by atoms with Crippen LogP contribution < -0.4 is 0 Å². The summed E-state index contributed by atoms with van der Waals surface area (Å²) in [6.45, 7) is 6.69. The Morgan fingerprint density at radius 1 is 0.297 bits per heavy atom. The predicted molar refractivity (Wildman–Crippen MR) is 275 cm³/mol. The first kappa shape index (κ1) is 62.1. The molecule has 0 amide bonds. The predicted octanol–water partition coefficient (Wildman–Crippen LogP) is 18.9. The summed E-state index contributed by atoms with van der Waals surface area (Å²) in [7, 11) is 0. The van der Waals surface area contributed by atoms with Gasteiger partial charge in [-0.3, -0.25) is 14.4 Å². The lowest BCUT2D eigenvalue weighted by Crippen LogP contribution is -2.30. The number of rotatable bonds is 53. The number of allylic oxidation sites excluding steroid dienone is 2. The minimum Gasteiger partial charge on any atom is -0.462 e. The van der Waals surface area contributed by atoms with Crippen molar-refractivity contribution in [2.24, 2.45) is 0 Å². The topological polar surface area (TPSA) is 78.9 Å². The molecule has 378 valence electrons. The Bertz CT molecular complexity index is 993. The molecule has 64 heavy (non-hydrogen) atoms. The van der Waals surface area contributed by atoms with Gasteiger partial charge in [-0.1, -0.05) is 270 Å². The van der Waals surface area contributed by atoms with Gasteiger partial charge >= 0.3 is 17.9 Å². The maximum Gasteiger partial charge on any atom is 0.306 e. The van der Waals surface area contributed by atoms with Crippen molar-refractivity contribution < 1.29 is 28.6 Å². The van der Waals surface area contributed by atoms with Gasteiger partial charge in [0.15, 0.2) is 6.10 Å². The SMILES string of the molecule is CCCCCCCCCCC/C=C\CCCCCCCC(=O)OCC(COC(=O)CCCCCCCCCCCCCCCC)OC(=O)CCCCCCCCCCCCCCCC. The van der Waals surface area contributed by atoms with Crippen LogP contribution in [0.4, 0.5) is 0 Å². The number of esters is 3. The van der Waals surface area contributed by atoms with E-state index in [1.54, 1.807) is 0 Å². The molecule has 0 aromatic rings. The third-order valence-electron chi connectivity index (χ3n) is 13.0. The fourth-order valence-electron chi connectivity index (χ4n) is 8.68. The van der Waals surface area contributed by atoms with Crippen molar-refractivity contribution in [2.75, 3.05) is 13.2 Å². The number of unbranched alkanes of at least 4 members (excludes halogenated alkanes) is 40. The van der Waals surface area contributed by atoms with E-state index < -0.39 is 6.10 Å². The zero-order valence-electron chi connectivity index (χ0n) is 43.3. The Morgan fingerprint density at radius 2 is 0.516 bits per heavy atom. The standard InChI is InChI=1S/C58H110O6/c1-4-7-10-13-16-19-22-25-28-29-30-31-34-36-39-42-45-48-51-57(60)63-54-55(64-58(61)52-49-46-43-40-37-33-27-24-21-18-15-12-9-6-3)53-62-56(59)50-47-44-41-38-35-32-26-23-20-17-14-11-8-5-2/h30-31,55H,4-29,32-54H2,1-3H3/b31-30-. The minimum absolute atomic E-state index is 0.0666. The zero-order valence-corrected chi connectivity index (χ0v) is 43.3. The second kappa shape index (κ2) is 53.8. The first-order valence-corrected chi connectivity index (χ1v) is 28.7. The molecule has 0 saturated heterocycles. The van der Waals surface area contributed by atoms with E-state index in [4.69, 9.17) is 14.2 Å². The zero-order chi connectivity index (χ0) is 46.5. The molecular weight excluding hydrogens is 793 g/mol. The molecule has 0 radical (unpaired) electrons. The molecule has 1 atom stereocenters. The van der Waals surface area contributed by atoms with Crippen molar-refractivity contribution in [3.8, 4) is 0 Å². The highest BCUT2D eigenvalue weighted by molar-refractivity contribution is 5.71. The Balaban J connectivity index is 4.31. The van der Waals surface area contributed by atoms with Crippen LogP contribution in [0, 0.1) is 0 Å². The monoisotopic (exact) mass is 903 g/mol. The molecule has 0 fully saturated rings. The number of hydrogen-bond donors (Lipinski definition) is 0. The normalized spacial score (nSPS) is 12.0. The molecule has 0 aromatic heterocycles. The summed E-state index contributed by atoms with van der Waals surface area (Å²) in [5.41, 5.74) is 0. The van der Waals surface area contributed by atoms with E-state index in [-0.39, 0.29) is 31.1 Å². The van der Waals surface area contributed by atoms with Crippen molar-refractivity contribution >= 4 is 17.9 Å². The van der Waals surface area contributed by atoms with Gasteiger partial charge in [-0.05, 0) is 44.9 Å². The quantitative estimate of drug-likeness (QED) is 0.0262. The highest BCUT2D eigenvalue weighted by Gasteiger charge is 2.19. The maximum atomic E-state index is 12.8. The molecule has 0 bridgehead atoms. The number of hydrogen-bond acceptors (Lipinski definition) is 6. The van der Waals surface area contributed by atoms with Gasteiger partial charge in [-0.15, -0.1) is 0 Å². The van der Waals surface area contributed by atoms with Crippen molar-refractivity contribution in [2.45, 2.75) is 329 Å². The van der Waals surface area contributed by atoms with Gasteiger partial charge in [0.2, 0.25) is 0 Å². The fourth-order valence-corrected chi connectivity index (χ4v) is 8.68. The number of carbonyl (C=O) groups excluding carboxylic acids is 3. The molecule has 0 heterocycles. The molecule has 6 heteroatoms. The lowest BCUT2D eigenvalue weighted by Gasteiger charge is -2.18. The van der Waals surface area contributed by atoms with Crippen LogP contribution in [0.1, 0.15) is 323 Å². The van der Waals surface area contributed by atoms with E-state index in [9.17, 15) is 14.4 Å². The second-order valence-electron chi connectivity index (χ2n) is 19.6. The highest BCUT2D eigenvalue weighted by atomic mass is 16.6. The lowest BCUT2D eigenvalue weighted by molar-refractivity contribution is -0.167. The first-order chi connectivity index (χ1) is 31.5. The summed E-state index contributed by atoms with van der Waals surface area (Å²) < 4.78 is 16.9. The minimum atomic E-state index is -0.767. The summed E-state index contributed by atoms with van der Waals surface area (Å²) >= 11 is 0. The summed E-state index contributed by atoms with van der Waals surface area (Å²) in [5, 5.41) is 0. The summed E-state index contributed by atoms with van der Waals surface area (Å²) in [6.07, 6.45) is 60.5. The lowest BCUT2D eigenvalue weighted by atomic mass is 10.0. The molecule has 6 nitrogen and oxygen atoms in total. The van der Waals surface area contributed by atoms with Gasteiger partial charge in [0.1, 0.15) is 13.2 Å². The molecule has 0 aliphatic rings. The van der Waals surface area contributed by atoms with E-state index in [0.29, 0.717) is 19.3 Å². The van der Waals surface area contributed by atoms with Crippen LogP contribution in [-0.4, -0.2) is 37.2 Å². The van der Waals surface area contributed by atoms with Crippen molar-refractivity contribution in [1.29, 1.82) is 0 Å². The molecule has 0 aliphatic heterocycles. The van der Waals surface area contributed by atoms with E-state index in [1.165, 1.54) is 218 Å². The summed E-state index contributed by atoms with van der Waals surface area (Å²) in [4.78, 5) is 38.1. The Hall–Kier alpha value is -1.85. The highest BCUT2D eigenvalue weighted by Crippen LogP contribution is 2.17. The molecule has 0 spiro atoms. The summed E-state index contributed by atoms with van der Waals surface area (Å²) in [6, 6.07) is 0. The summed E-state index contributed by atoms with van der Waals surface area (Å²) in [5.74, 6) is -0.852.